The van der Waals surface area contributed by atoms with Gasteiger partial charge in [-0.15, -0.1) is 11.3 Å². The van der Waals surface area contributed by atoms with E-state index in [9.17, 15) is 0 Å². The molecule has 40 valence electrons. The molecule has 0 saturated heterocycles. The molecule has 2 rings (SSSR count). The summed E-state index contributed by atoms with van der Waals surface area (Å²) in [5.74, 6) is 0. The Morgan fingerprint density at radius 3 is 3.50 bits per heavy atom. The first kappa shape index (κ1) is 4.03. The van der Waals surface area contributed by atoms with E-state index in [1.807, 2.05) is 0 Å². The van der Waals surface area contributed by atoms with E-state index in [-0.39, 0.29) is 0 Å². The number of rotatable bonds is 0. The second kappa shape index (κ2) is 1.29. The largest absolute Gasteiger partial charge is 0.242 e. The van der Waals surface area contributed by atoms with Crippen molar-refractivity contribution < 1.29 is 0 Å². The smallest absolute Gasteiger partial charge is 0.139 e. The van der Waals surface area contributed by atoms with Gasteiger partial charge < -0.3 is 0 Å². The molecule has 0 bridgehead atoms. The van der Waals surface area contributed by atoms with Crippen LogP contribution in [-0.4, -0.2) is 14.6 Å². The molecule has 0 aliphatic rings. The summed E-state index contributed by atoms with van der Waals surface area (Å²) in [6.07, 6.45) is 3.48. The first-order valence-corrected chi connectivity index (χ1v) is 3.06. The maximum atomic E-state index is 3.95. The third kappa shape index (κ3) is 0.376. The molecule has 0 N–H and O–H groups in total. The lowest BCUT2D eigenvalue weighted by molar-refractivity contribution is 0.957. The maximum absolute atomic E-state index is 3.95. The molecule has 2 heterocycles. The molecule has 0 radical (unpaired) electrons. The fraction of sp³-hybridized carbons (Fsp3) is 0. The molecule has 8 heavy (non-hydrogen) atoms. The van der Waals surface area contributed by atoms with Gasteiger partial charge in [-0.2, -0.15) is 5.10 Å². The average molecular weight is 125 g/mol. The summed E-state index contributed by atoms with van der Waals surface area (Å²) in [5.41, 5.74) is 1.79. The third-order valence-corrected chi connectivity index (χ3v) is 1.67. The van der Waals surface area contributed by atoms with E-state index >= 15 is 0 Å². The second-order valence-electron chi connectivity index (χ2n) is 1.42. The van der Waals surface area contributed by atoms with Crippen LogP contribution in [-0.2, 0) is 0 Å². The number of aromatic nitrogens is 3. The van der Waals surface area contributed by atoms with Crippen LogP contribution >= 0.6 is 11.3 Å². The number of hydrogen-bond donors (Lipinski definition) is 0. The SMILES string of the molecule is c1nn2cncc2s1. The molecule has 2 aromatic heterocycles. The van der Waals surface area contributed by atoms with Crippen LogP contribution in [0.5, 0.6) is 0 Å². The summed E-state index contributed by atoms with van der Waals surface area (Å²) in [5, 5.41) is 3.95. The number of imidazole rings is 1. The summed E-state index contributed by atoms with van der Waals surface area (Å²) in [4.78, 5) is 4.96. The lowest BCUT2D eigenvalue weighted by Gasteiger charge is -1.69. The van der Waals surface area contributed by atoms with E-state index in [2.05, 4.69) is 10.1 Å². The molecular weight excluding hydrogens is 122 g/mol. The van der Waals surface area contributed by atoms with Crippen LogP contribution < -0.4 is 0 Å². The second-order valence-corrected chi connectivity index (χ2v) is 2.28. The van der Waals surface area contributed by atoms with E-state index in [1.165, 1.54) is 0 Å². The maximum Gasteiger partial charge on any atom is 0.139 e. The predicted octanol–water partition coefficient (Wildman–Crippen LogP) is 0.791. The van der Waals surface area contributed by atoms with Gasteiger partial charge in [0, 0.05) is 0 Å². The van der Waals surface area contributed by atoms with E-state index < -0.39 is 0 Å². The van der Waals surface area contributed by atoms with Crippen LogP contribution in [0.3, 0.4) is 0 Å². The van der Waals surface area contributed by atoms with Gasteiger partial charge in [0.1, 0.15) is 16.7 Å². The van der Waals surface area contributed by atoms with Gasteiger partial charge in [-0.05, 0) is 0 Å². The molecule has 0 aromatic carbocycles. The van der Waals surface area contributed by atoms with Crippen molar-refractivity contribution in [3.63, 3.8) is 0 Å². The molecule has 0 saturated carbocycles. The molecule has 0 aliphatic heterocycles. The topological polar surface area (TPSA) is 30.2 Å². The zero-order valence-corrected chi connectivity index (χ0v) is 4.80. The summed E-state index contributed by atoms with van der Waals surface area (Å²) in [7, 11) is 0. The Kier molecular flexibility index (Phi) is 0.648. The Labute approximate surface area is 49.6 Å². The standard InChI is InChI=1S/C4H3N3S/c1-4-7(2-5-1)6-3-8-4/h1-3H. The van der Waals surface area contributed by atoms with Gasteiger partial charge in [-0.25, -0.2) is 9.50 Å². The van der Waals surface area contributed by atoms with E-state index in [4.69, 9.17) is 0 Å². The summed E-state index contributed by atoms with van der Waals surface area (Å²) >= 11 is 1.58. The zero-order valence-electron chi connectivity index (χ0n) is 3.98. The summed E-state index contributed by atoms with van der Waals surface area (Å²) < 4.78 is 1.74. The van der Waals surface area contributed by atoms with E-state index in [0.717, 1.165) is 4.83 Å². The molecule has 2 aromatic rings. The van der Waals surface area contributed by atoms with Gasteiger partial charge >= 0.3 is 0 Å². The lowest BCUT2D eigenvalue weighted by atomic mass is 11.0. The molecule has 0 fully saturated rings. The molecule has 0 spiro atoms. The lowest BCUT2D eigenvalue weighted by Crippen LogP contribution is -1.74. The Balaban J connectivity index is 3.06. The third-order valence-electron chi connectivity index (χ3n) is 0.932. The predicted molar refractivity (Wildman–Crippen MR) is 30.9 cm³/mol. The van der Waals surface area contributed by atoms with Crippen LogP contribution in [0.1, 0.15) is 0 Å². The summed E-state index contributed by atoms with van der Waals surface area (Å²) in [6, 6.07) is 0. The minimum atomic E-state index is 1.09. The van der Waals surface area contributed by atoms with Gasteiger partial charge in [-0.1, -0.05) is 0 Å². The van der Waals surface area contributed by atoms with Crippen molar-refractivity contribution in [1.29, 1.82) is 0 Å². The Bertz CT molecular complexity index is 233. The van der Waals surface area contributed by atoms with Crippen LogP contribution in [0.15, 0.2) is 18.0 Å². The van der Waals surface area contributed by atoms with Crippen molar-refractivity contribution in [2.24, 2.45) is 0 Å². The highest BCUT2D eigenvalue weighted by molar-refractivity contribution is 7.15. The Morgan fingerprint density at radius 1 is 1.62 bits per heavy atom. The van der Waals surface area contributed by atoms with Crippen molar-refractivity contribution in [2.75, 3.05) is 0 Å². The van der Waals surface area contributed by atoms with Crippen LogP contribution in [0.4, 0.5) is 0 Å². The molecule has 4 heteroatoms. The molecular formula is C4H3N3S. The summed E-state index contributed by atoms with van der Waals surface area (Å²) in [6.45, 7) is 0. The van der Waals surface area contributed by atoms with Crippen LogP contribution in [0, 0.1) is 0 Å². The highest BCUT2D eigenvalue weighted by atomic mass is 32.1. The van der Waals surface area contributed by atoms with Gasteiger partial charge in [0.15, 0.2) is 0 Å². The monoisotopic (exact) mass is 125 g/mol. The first-order chi connectivity index (χ1) is 3.97. The van der Waals surface area contributed by atoms with Crippen LogP contribution in [0.25, 0.3) is 4.83 Å². The van der Waals surface area contributed by atoms with Gasteiger partial charge in [0.2, 0.25) is 0 Å². The molecule has 0 unspecified atom stereocenters. The number of nitrogens with zero attached hydrogens (tertiary/aromatic N) is 3. The van der Waals surface area contributed by atoms with E-state index in [0.29, 0.717) is 0 Å². The average Bonchev–Trinajstić information content (AvgIpc) is 2.15. The highest BCUT2D eigenvalue weighted by Crippen LogP contribution is 2.04. The molecule has 0 amide bonds. The molecule has 0 aliphatic carbocycles. The number of fused-ring (bicyclic) bond motifs is 1. The molecule has 3 nitrogen and oxygen atoms in total. The van der Waals surface area contributed by atoms with Crippen LogP contribution in [0.2, 0.25) is 0 Å². The van der Waals surface area contributed by atoms with Crippen molar-refractivity contribution >= 4 is 16.2 Å². The fourth-order valence-electron chi connectivity index (χ4n) is 0.576. The minimum absolute atomic E-state index is 1.09. The van der Waals surface area contributed by atoms with Gasteiger partial charge in [0.25, 0.3) is 0 Å². The van der Waals surface area contributed by atoms with Crippen molar-refractivity contribution in [1.82, 2.24) is 14.6 Å². The zero-order chi connectivity index (χ0) is 5.40. The van der Waals surface area contributed by atoms with Gasteiger partial charge in [0.05, 0.1) is 6.20 Å². The quantitative estimate of drug-likeness (QED) is 0.521. The van der Waals surface area contributed by atoms with Gasteiger partial charge in [-0.3, -0.25) is 0 Å². The fourth-order valence-corrected chi connectivity index (χ4v) is 1.16. The highest BCUT2D eigenvalue weighted by Gasteiger charge is 1.89. The Morgan fingerprint density at radius 2 is 2.62 bits per heavy atom. The van der Waals surface area contributed by atoms with E-state index in [1.54, 1.807) is 33.9 Å². The van der Waals surface area contributed by atoms with Crippen molar-refractivity contribution in [3.8, 4) is 0 Å². The normalized spacial score (nSPS) is 10.5. The van der Waals surface area contributed by atoms with Crippen molar-refractivity contribution in [3.05, 3.63) is 18.0 Å². The minimum Gasteiger partial charge on any atom is -0.242 e. The van der Waals surface area contributed by atoms with Crippen molar-refractivity contribution in [2.45, 2.75) is 0 Å². The first-order valence-electron chi connectivity index (χ1n) is 2.18. The molecule has 0 atom stereocenters. The number of hydrogen-bond acceptors (Lipinski definition) is 3. The Hall–Kier alpha value is -0.900.